The Labute approximate surface area is 122 Å². The second-order valence-corrected chi connectivity index (χ2v) is 4.90. The number of anilines is 2. The number of halogens is 1. The highest BCUT2D eigenvalue weighted by Crippen LogP contribution is 2.22. The third-order valence-electron chi connectivity index (χ3n) is 2.86. The number of aliphatic hydroxyl groups is 1. The van der Waals surface area contributed by atoms with Crippen molar-refractivity contribution in [3.05, 3.63) is 58.6 Å². The van der Waals surface area contributed by atoms with E-state index >= 15 is 0 Å². The van der Waals surface area contributed by atoms with Crippen LogP contribution in [0.2, 0.25) is 5.02 Å². The molecule has 1 amide bonds. The molecule has 1 atom stereocenters. The van der Waals surface area contributed by atoms with E-state index in [1.165, 1.54) is 6.07 Å². The average molecular weight is 291 g/mol. The van der Waals surface area contributed by atoms with E-state index < -0.39 is 6.10 Å². The van der Waals surface area contributed by atoms with Crippen molar-refractivity contribution in [2.75, 3.05) is 11.1 Å². The van der Waals surface area contributed by atoms with Crippen LogP contribution in [0.5, 0.6) is 0 Å². The number of nitrogens with two attached hydrogens (primary N) is 1. The van der Waals surface area contributed by atoms with Crippen LogP contribution in [-0.4, -0.2) is 11.0 Å². The Morgan fingerprint density at radius 3 is 2.70 bits per heavy atom. The van der Waals surface area contributed by atoms with Crippen molar-refractivity contribution in [3.63, 3.8) is 0 Å². The summed E-state index contributed by atoms with van der Waals surface area (Å²) >= 11 is 5.99. The second-order valence-electron chi connectivity index (χ2n) is 4.49. The van der Waals surface area contributed by atoms with Gasteiger partial charge in [-0.15, -0.1) is 0 Å². The van der Waals surface area contributed by atoms with Crippen LogP contribution in [0, 0.1) is 0 Å². The smallest absolute Gasteiger partial charge is 0.257 e. The molecule has 0 aliphatic carbocycles. The predicted molar refractivity (Wildman–Crippen MR) is 80.9 cm³/mol. The highest BCUT2D eigenvalue weighted by molar-refractivity contribution is 6.34. The maximum atomic E-state index is 12.1. The number of amides is 1. The number of nitrogen functional groups attached to an aromatic ring is 1. The Morgan fingerprint density at radius 2 is 2.05 bits per heavy atom. The normalized spacial score (nSPS) is 11.9. The molecule has 0 heterocycles. The number of aliphatic hydroxyl groups excluding tert-OH is 1. The molecule has 20 heavy (non-hydrogen) atoms. The molecule has 0 aliphatic heterocycles. The third kappa shape index (κ3) is 3.29. The minimum absolute atomic E-state index is 0.300. The largest absolute Gasteiger partial charge is 0.399 e. The van der Waals surface area contributed by atoms with Gasteiger partial charge in [0, 0.05) is 11.4 Å². The van der Waals surface area contributed by atoms with Crippen molar-refractivity contribution in [3.8, 4) is 0 Å². The molecule has 5 heteroatoms. The first-order valence-corrected chi connectivity index (χ1v) is 6.49. The molecule has 104 valence electrons. The monoisotopic (exact) mass is 290 g/mol. The quantitative estimate of drug-likeness (QED) is 0.760. The molecule has 0 fully saturated rings. The van der Waals surface area contributed by atoms with Crippen molar-refractivity contribution in [2.45, 2.75) is 13.0 Å². The zero-order valence-electron chi connectivity index (χ0n) is 10.9. The van der Waals surface area contributed by atoms with Crippen LogP contribution < -0.4 is 11.1 Å². The van der Waals surface area contributed by atoms with E-state index in [9.17, 15) is 9.90 Å². The number of benzene rings is 2. The summed E-state index contributed by atoms with van der Waals surface area (Å²) in [6, 6.07) is 11.7. The Bertz CT molecular complexity index is 642. The fourth-order valence-electron chi connectivity index (χ4n) is 1.79. The van der Waals surface area contributed by atoms with Gasteiger partial charge in [-0.05, 0) is 42.8 Å². The second kappa shape index (κ2) is 5.94. The third-order valence-corrected chi connectivity index (χ3v) is 3.18. The topological polar surface area (TPSA) is 75.3 Å². The summed E-state index contributed by atoms with van der Waals surface area (Å²) in [5.74, 6) is -0.322. The van der Waals surface area contributed by atoms with Gasteiger partial charge in [-0.1, -0.05) is 23.7 Å². The van der Waals surface area contributed by atoms with Crippen LogP contribution >= 0.6 is 11.6 Å². The summed E-state index contributed by atoms with van der Waals surface area (Å²) in [6.07, 6.45) is -0.591. The zero-order valence-corrected chi connectivity index (χ0v) is 11.7. The first-order valence-electron chi connectivity index (χ1n) is 6.12. The lowest BCUT2D eigenvalue weighted by Gasteiger charge is -2.10. The van der Waals surface area contributed by atoms with Crippen LogP contribution in [0.25, 0.3) is 0 Å². The van der Waals surface area contributed by atoms with Gasteiger partial charge < -0.3 is 16.2 Å². The Kier molecular flexibility index (Phi) is 4.27. The summed E-state index contributed by atoms with van der Waals surface area (Å²) in [4.78, 5) is 12.1. The van der Waals surface area contributed by atoms with Crippen molar-refractivity contribution in [1.82, 2.24) is 0 Å². The Balaban J connectivity index is 2.21. The van der Waals surface area contributed by atoms with Crippen LogP contribution in [0.3, 0.4) is 0 Å². The van der Waals surface area contributed by atoms with Gasteiger partial charge in [0.05, 0.1) is 16.7 Å². The number of carbonyl (C=O) groups is 1. The maximum absolute atomic E-state index is 12.1. The molecular formula is C15H15ClN2O2. The molecule has 2 aromatic rings. The highest BCUT2D eigenvalue weighted by atomic mass is 35.5. The summed E-state index contributed by atoms with van der Waals surface area (Å²) in [6.45, 7) is 1.66. The minimum atomic E-state index is -0.591. The molecule has 0 saturated heterocycles. The zero-order chi connectivity index (χ0) is 14.7. The van der Waals surface area contributed by atoms with Crippen molar-refractivity contribution < 1.29 is 9.90 Å². The van der Waals surface area contributed by atoms with Gasteiger partial charge in [-0.25, -0.2) is 0 Å². The van der Waals surface area contributed by atoms with Gasteiger partial charge in [-0.3, -0.25) is 4.79 Å². The molecular weight excluding hydrogens is 276 g/mol. The number of hydrogen-bond acceptors (Lipinski definition) is 3. The summed E-state index contributed by atoms with van der Waals surface area (Å²) in [7, 11) is 0. The van der Waals surface area contributed by atoms with Crippen LogP contribution in [0.4, 0.5) is 11.4 Å². The molecule has 0 bridgehead atoms. The lowest BCUT2D eigenvalue weighted by Crippen LogP contribution is -2.13. The van der Waals surface area contributed by atoms with Crippen LogP contribution in [0.1, 0.15) is 28.9 Å². The average Bonchev–Trinajstić information content (AvgIpc) is 2.38. The standard InChI is InChI=1S/C15H15ClN2O2/c1-9(19)10-3-2-4-12(7-10)18-15(20)13-6-5-11(17)8-14(13)16/h2-9,19H,17H2,1H3,(H,18,20)/t9-/m0/s1. The lowest BCUT2D eigenvalue weighted by atomic mass is 10.1. The van der Waals surface area contributed by atoms with Crippen molar-refractivity contribution in [1.29, 1.82) is 0 Å². The van der Waals surface area contributed by atoms with Gasteiger partial charge in [-0.2, -0.15) is 0 Å². The highest BCUT2D eigenvalue weighted by Gasteiger charge is 2.11. The van der Waals surface area contributed by atoms with E-state index in [1.54, 1.807) is 43.3 Å². The fraction of sp³-hybridized carbons (Fsp3) is 0.133. The molecule has 0 saturated carbocycles. The van der Waals surface area contributed by atoms with Crippen molar-refractivity contribution in [2.24, 2.45) is 0 Å². The number of rotatable bonds is 3. The first kappa shape index (κ1) is 14.4. The maximum Gasteiger partial charge on any atom is 0.257 e. The summed E-state index contributed by atoms with van der Waals surface area (Å²) in [5, 5.41) is 12.6. The molecule has 2 rings (SSSR count). The van der Waals surface area contributed by atoms with Gasteiger partial charge in [0.15, 0.2) is 0 Å². The Hall–Kier alpha value is -2.04. The Morgan fingerprint density at radius 1 is 1.30 bits per heavy atom. The summed E-state index contributed by atoms with van der Waals surface area (Å²) in [5.41, 5.74) is 7.77. The van der Waals surface area contributed by atoms with Gasteiger partial charge in [0.2, 0.25) is 0 Å². The lowest BCUT2D eigenvalue weighted by molar-refractivity contribution is 0.102. The summed E-state index contributed by atoms with van der Waals surface area (Å²) < 4.78 is 0. The van der Waals surface area contributed by atoms with E-state index in [0.29, 0.717) is 22.0 Å². The molecule has 0 spiro atoms. The number of hydrogen-bond donors (Lipinski definition) is 3. The molecule has 0 unspecified atom stereocenters. The predicted octanol–water partition coefficient (Wildman–Crippen LogP) is 3.23. The van der Waals surface area contributed by atoms with Crippen LogP contribution in [0.15, 0.2) is 42.5 Å². The van der Waals surface area contributed by atoms with Gasteiger partial charge >= 0.3 is 0 Å². The van der Waals surface area contributed by atoms with E-state index in [0.717, 1.165) is 5.56 Å². The molecule has 4 N–H and O–H groups in total. The molecule has 0 aromatic heterocycles. The van der Waals surface area contributed by atoms with Crippen molar-refractivity contribution >= 4 is 28.9 Å². The van der Waals surface area contributed by atoms with Gasteiger partial charge in [0.1, 0.15) is 0 Å². The van der Waals surface area contributed by atoms with E-state index in [2.05, 4.69) is 5.32 Å². The first-order chi connectivity index (χ1) is 9.47. The van der Waals surface area contributed by atoms with Gasteiger partial charge in [0.25, 0.3) is 5.91 Å². The minimum Gasteiger partial charge on any atom is -0.399 e. The van der Waals surface area contributed by atoms with Crippen LogP contribution in [-0.2, 0) is 0 Å². The number of carbonyl (C=O) groups excluding carboxylic acids is 1. The molecule has 0 aliphatic rings. The molecule has 4 nitrogen and oxygen atoms in total. The van der Waals surface area contributed by atoms with E-state index in [1.807, 2.05) is 0 Å². The van der Waals surface area contributed by atoms with E-state index in [4.69, 9.17) is 17.3 Å². The fourth-order valence-corrected chi connectivity index (χ4v) is 2.07. The molecule has 2 aromatic carbocycles. The number of nitrogens with one attached hydrogen (secondary N) is 1. The van der Waals surface area contributed by atoms with E-state index in [-0.39, 0.29) is 5.91 Å². The SMILES string of the molecule is C[C@H](O)c1cccc(NC(=O)c2ccc(N)cc2Cl)c1. The molecule has 0 radical (unpaired) electrons.